The van der Waals surface area contributed by atoms with Gasteiger partial charge in [-0.2, -0.15) is 13.2 Å². The number of pyridine rings is 1. The standard InChI is InChI=1S/C23H19ClF5N3O2/c24-15-6-16(25)14(5-17(15)26)19(10-1-2-10)22-7-12(22)4-18(20(30)33)32(22)21(34)11-3-13(9-31-8-11)23(27,28)29/h3,5-6,8-10,12,18-19H,1-2,4,7H2,(H2,30,33)/t12?,18?,19-,22?/m1/s1. The Labute approximate surface area is 196 Å². The van der Waals surface area contributed by atoms with Crippen molar-refractivity contribution in [3.05, 3.63) is 63.9 Å². The number of hydrogen-bond acceptors (Lipinski definition) is 3. The van der Waals surface area contributed by atoms with Crippen molar-refractivity contribution in [3.63, 3.8) is 0 Å². The number of primary amides is 1. The highest BCUT2D eigenvalue weighted by molar-refractivity contribution is 6.30. The third-order valence-corrected chi connectivity index (χ3v) is 7.54. The molecule has 2 aromatic rings. The van der Waals surface area contributed by atoms with Crippen LogP contribution in [0.3, 0.4) is 0 Å². The average molecular weight is 500 g/mol. The molecule has 2 aliphatic carbocycles. The van der Waals surface area contributed by atoms with E-state index in [1.807, 2.05) is 0 Å². The summed E-state index contributed by atoms with van der Waals surface area (Å²) in [5.74, 6) is -4.17. The van der Waals surface area contributed by atoms with Crippen molar-refractivity contribution >= 4 is 23.4 Å². The minimum Gasteiger partial charge on any atom is -0.368 e. The lowest BCUT2D eigenvalue weighted by atomic mass is 9.82. The molecule has 5 nitrogen and oxygen atoms in total. The summed E-state index contributed by atoms with van der Waals surface area (Å²) in [6.07, 6.45) is -1.12. The number of carbonyl (C=O) groups excluding carboxylic acids is 2. The summed E-state index contributed by atoms with van der Waals surface area (Å²) in [7, 11) is 0. The van der Waals surface area contributed by atoms with E-state index in [0.717, 1.165) is 18.3 Å². The quantitative estimate of drug-likeness (QED) is 0.479. The normalized spacial score (nSPS) is 26.8. The lowest BCUT2D eigenvalue weighted by molar-refractivity contribution is -0.137. The van der Waals surface area contributed by atoms with Crippen LogP contribution in [0.4, 0.5) is 22.0 Å². The van der Waals surface area contributed by atoms with Crippen molar-refractivity contribution < 1.29 is 31.5 Å². The molecule has 2 heterocycles. The Morgan fingerprint density at radius 3 is 2.47 bits per heavy atom. The second-order valence-electron chi connectivity index (χ2n) is 9.28. The predicted molar refractivity (Wildman–Crippen MR) is 111 cm³/mol. The topological polar surface area (TPSA) is 76.3 Å². The second kappa shape index (κ2) is 7.63. The van der Waals surface area contributed by atoms with Crippen LogP contribution in [0.5, 0.6) is 0 Å². The molecule has 34 heavy (non-hydrogen) atoms. The molecule has 3 unspecified atom stereocenters. The highest BCUT2D eigenvalue weighted by Gasteiger charge is 2.73. The molecule has 2 amide bonds. The molecule has 4 atom stereocenters. The van der Waals surface area contributed by atoms with E-state index < -0.39 is 52.7 Å². The third-order valence-electron chi connectivity index (χ3n) is 7.25. The Hall–Kier alpha value is -2.75. The fraction of sp³-hybridized carbons (Fsp3) is 0.435. The highest BCUT2D eigenvalue weighted by atomic mass is 35.5. The smallest absolute Gasteiger partial charge is 0.368 e. The zero-order valence-electron chi connectivity index (χ0n) is 17.6. The summed E-state index contributed by atoms with van der Waals surface area (Å²) in [6, 6.07) is 1.48. The first-order chi connectivity index (χ1) is 15.9. The van der Waals surface area contributed by atoms with Gasteiger partial charge in [-0.15, -0.1) is 0 Å². The van der Waals surface area contributed by atoms with Crippen molar-refractivity contribution in [3.8, 4) is 0 Å². The Kier molecular flexibility index (Phi) is 5.16. The van der Waals surface area contributed by atoms with Gasteiger partial charge in [-0.1, -0.05) is 11.6 Å². The largest absolute Gasteiger partial charge is 0.417 e. The zero-order chi connectivity index (χ0) is 24.6. The molecule has 1 aliphatic heterocycles. The number of nitrogens with zero attached hydrogens (tertiary/aromatic N) is 2. The van der Waals surface area contributed by atoms with Gasteiger partial charge in [0.2, 0.25) is 5.91 Å². The van der Waals surface area contributed by atoms with Crippen molar-refractivity contribution in [1.82, 2.24) is 9.88 Å². The average Bonchev–Trinajstić information content (AvgIpc) is 3.69. The maximum Gasteiger partial charge on any atom is 0.417 e. The molecule has 2 saturated carbocycles. The van der Waals surface area contributed by atoms with Crippen molar-refractivity contribution in [2.24, 2.45) is 17.6 Å². The summed E-state index contributed by atoms with van der Waals surface area (Å²) in [6.45, 7) is 0. The SMILES string of the molecule is NC(=O)C1CC2CC2([C@@H](c2cc(F)c(Cl)cc2F)C2CC2)N1C(=O)c1cncc(C(F)(F)F)c1. The van der Waals surface area contributed by atoms with E-state index in [1.54, 1.807) is 0 Å². The van der Waals surface area contributed by atoms with Crippen molar-refractivity contribution in [1.29, 1.82) is 0 Å². The van der Waals surface area contributed by atoms with Crippen LogP contribution >= 0.6 is 11.6 Å². The van der Waals surface area contributed by atoms with E-state index in [2.05, 4.69) is 4.98 Å². The first-order valence-corrected chi connectivity index (χ1v) is 11.1. The van der Waals surface area contributed by atoms with Crippen LogP contribution in [-0.4, -0.2) is 33.3 Å². The molecule has 5 rings (SSSR count). The molecule has 1 aromatic heterocycles. The zero-order valence-corrected chi connectivity index (χ0v) is 18.3. The molecule has 0 bridgehead atoms. The second-order valence-corrected chi connectivity index (χ2v) is 9.69. The van der Waals surface area contributed by atoms with Gasteiger partial charge in [0.25, 0.3) is 5.91 Å². The monoisotopic (exact) mass is 499 g/mol. The van der Waals surface area contributed by atoms with Crippen LogP contribution in [0.25, 0.3) is 0 Å². The summed E-state index contributed by atoms with van der Waals surface area (Å²) in [4.78, 5) is 30.6. The first-order valence-electron chi connectivity index (χ1n) is 10.7. The van der Waals surface area contributed by atoms with Gasteiger partial charge in [-0.3, -0.25) is 14.6 Å². The van der Waals surface area contributed by atoms with Gasteiger partial charge in [0.15, 0.2) is 0 Å². The summed E-state index contributed by atoms with van der Waals surface area (Å²) in [5, 5.41) is -0.384. The number of halogens is 6. The fourth-order valence-electron chi connectivity index (χ4n) is 5.68. The Morgan fingerprint density at radius 1 is 1.15 bits per heavy atom. The molecule has 0 spiro atoms. The summed E-state index contributed by atoms with van der Waals surface area (Å²) >= 11 is 5.73. The van der Waals surface area contributed by atoms with E-state index in [-0.39, 0.29) is 34.4 Å². The lowest BCUT2D eigenvalue weighted by Crippen LogP contribution is -2.53. The van der Waals surface area contributed by atoms with Crippen molar-refractivity contribution in [2.45, 2.75) is 49.4 Å². The molecule has 1 aromatic carbocycles. The van der Waals surface area contributed by atoms with E-state index in [1.165, 1.54) is 4.90 Å². The first kappa shape index (κ1) is 23.0. The molecular formula is C23H19ClF5N3O2. The van der Waals surface area contributed by atoms with Crippen LogP contribution in [0.15, 0.2) is 30.6 Å². The molecular weight excluding hydrogens is 481 g/mol. The molecule has 180 valence electrons. The number of amides is 2. The number of likely N-dealkylation sites (tertiary alicyclic amines) is 1. The minimum atomic E-state index is -4.72. The number of fused-ring (bicyclic) bond motifs is 1. The van der Waals surface area contributed by atoms with Gasteiger partial charge in [-0.05, 0) is 61.3 Å². The molecule has 1 saturated heterocycles. The number of nitrogens with two attached hydrogens (primary N) is 1. The maximum absolute atomic E-state index is 15.0. The van der Waals surface area contributed by atoms with Gasteiger partial charge in [0, 0.05) is 18.3 Å². The number of aromatic nitrogens is 1. The molecule has 3 fully saturated rings. The molecule has 11 heteroatoms. The van der Waals surface area contributed by atoms with E-state index in [4.69, 9.17) is 17.3 Å². The lowest BCUT2D eigenvalue weighted by Gasteiger charge is -2.38. The van der Waals surface area contributed by atoms with Gasteiger partial charge in [0.1, 0.15) is 17.7 Å². The third kappa shape index (κ3) is 3.54. The van der Waals surface area contributed by atoms with E-state index >= 15 is 4.39 Å². The minimum absolute atomic E-state index is 0.0389. The van der Waals surface area contributed by atoms with Crippen LogP contribution in [0, 0.1) is 23.5 Å². The van der Waals surface area contributed by atoms with E-state index in [0.29, 0.717) is 31.5 Å². The van der Waals surface area contributed by atoms with E-state index in [9.17, 15) is 27.2 Å². The Balaban J connectivity index is 1.61. The van der Waals surface area contributed by atoms with Gasteiger partial charge < -0.3 is 10.6 Å². The summed E-state index contributed by atoms with van der Waals surface area (Å²) in [5.41, 5.74) is 3.08. The number of rotatable bonds is 5. The van der Waals surface area contributed by atoms with Crippen molar-refractivity contribution in [2.75, 3.05) is 0 Å². The van der Waals surface area contributed by atoms with Crippen LogP contribution in [0.1, 0.15) is 53.1 Å². The van der Waals surface area contributed by atoms with Gasteiger partial charge in [-0.25, -0.2) is 8.78 Å². The number of benzene rings is 1. The Morgan fingerprint density at radius 2 is 1.85 bits per heavy atom. The van der Waals surface area contributed by atoms with Crippen LogP contribution in [0.2, 0.25) is 5.02 Å². The van der Waals surface area contributed by atoms with Crippen LogP contribution in [-0.2, 0) is 11.0 Å². The number of piperidine rings is 1. The van der Waals surface area contributed by atoms with Crippen LogP contribution < -0.4 is 5.73 Å². The number of hydrogen-bond donors (Lipinski definition) is 1. The molecule has 0 radical (unpaired) electrons. The predicted octanol–water partition coefficient (Wildman–Crippen LogP) is 4.68. The highest BCUT2D eigenvalue weighted by Crippen LogP contribution is 2.69. The fourth-order valence-corrected chi connectivity index (χ4v) is 5.83. The maximum atomic E-state index is 15.0. The van der Waals surface area contributed by atoms with Gasteiger partial charge in [0.05, 0.1) is 21.7 Å². The summed E-state index contributed by atoms with van der Waals surface area (Å²) < 4.78 is 69.0. The number of alkyl halides is 3. The molecule has 3 aliphatic rings. The number of carbonyl (C=O) groups is 2. The van der Waals surface area contributed by atoms with Gasteiger partial charge >= 0.3 is 6.18 Å². The molecule has 2 N–H and O–H groups in total. The Bertz CT molecular complexity index is 1200.